The normalized spacial score (nSPS) is 11.3. The molecule has 0 saturated heterocycles. The van der Waals surface area contributed by atoms with Gasteiger partial charge in [0.2, 0.25) is 0 Å². The van der Waals surface area contributed by atoms with Gasteiger partial charge in [-0.2, -0.15) is 8.75 Å². The van der Waals surface area contributed by atoms with E-state index in [9.17, 15) is 0 Å². The second kappa shape index (κ2) is 5.40. The van der Waals surface area contributed by atoms with Crippen LogP contribution in [-0.4, -0.2) is 8.75 Å². The summed E-state index contributed by atoms with van der Waals surface area (Å²) in [5, 5.41) is 0. The Kier molecular flexibility index (Phi) is 3.55. The number of nitrogens with zero attached hydrogens (tertiary/aromatic N) is 2. The fourth-order valence-corrected chi connectivity index (χ4v) is 5.07. The van der Waals surface area contributed by atoms with E-state index in [1.807, 2.05) is 12.1 Å². The van der Waals surface area contributed by atoms with E-state index in [1.54, 1.807) is 22.7 Å². The van der Waals surface area contributed by atoms with Gasteiger partial charge in [-0.1, -0.05) is 12.1 Å². The summed E-state index contributed by atoms with van der Waals surface area (Å²) in [4.78, 5) is 2.34. The van der Waals surface area contributed by atoms with Crippen LogP contribution in [0.3, 0.4) is 0 Å². The van der Waals surface area contributed by atoms with Gasteiger partial charge in [0.25, 0.3) is 0 Å². The zero-order valence-corrected chi connectivity index (χ0v) is 14.7. The number of aromatic nitrogens is 2. The molecule has 3 aromatic heterocycles. The lowest BCUT2D eigenvalue weighted by Gasteiger charge is -2.03. The lowest BCUT2D eigenvalue weighted by atomic mass is 10.1. The van der Waals surface area contributed by atoms with E-state index in [0.29, 0.717) is 0 Å². The molecule has 0 fully saturated rings. The first-order valence-corrected chi connectivity index (χ1v) is 9.32. The van der Waals surface area contributed by atoms with Crippen molar-refractivity contribution in [3.63, 3.8) is 0 Å². The van der Waals surface area contributed by atoms with E-state index < -0.39 is 0 Å². The number of hydrogen-bond donors (Lipinski definition) is 2. The molecule has 0 spiro atoms. The molecule has 0 aliphatic heterocycles. The molecule has 7 heteroatoms. The molecule has 0 N–H and O–H groups in total. The smallest absolute Gasteiger partial charge is 0.114 e. The Morgan fingerprint density at radius 1 is 0.667 bits per heavy atom. The second-order valence-electron chi connectivity index (χ2n) is 4.40. The molecule has 104 valence electrons. The van der Waals surface area contributed by atoms with Gasteiger partial charge in [-0.05, 0) is 24.3 Å². The van der Waals surface area contributed by atoms with Crippen molar-refractivity contribution in [3.05, 3.63) is 36.4 Å². The molecule has 1 aromatic carbocycles. The summed E-state index contributed by atoms with van der Waals surface area (Å²) in [5.41, 5.74) is 4.16. The Hall–Kier alpha value is -0.860. The lowest BCUT2D eigenvalue weighted by Crippen LogP contribution is -1.81. The van der Waals surface area contributed by atoms with Crippen molar-refractivity contribution >= 4 is 70.7 Å². The summed E-state index contributed by atoms with van der Waals surface area (Å²) in [5.74, 6) is 0. The third kappa shape index (κ3) is 2.43. The summed E-state index contributed by atoms with van der Waals surface area (Å²) >= 11 is 13.4. The van der Waals surface area contributed by atoms with Crippen molar-refractivity contribution in [2.24, 2.45) is 0 Å². The number of fused-ring (bicyclic) bond motifs is 1. The molecule has 0 radical (unpaired) electrons. The Morgan fingerprint density at radius 3 is 1.52 bits per heavy atom. The summed E-state index contributed by atoms with van der Waals surface area (Å²) in [7, 11) is 0. The highest BCUT2D eigenvalue weighted by Gasteiger charge is 2.15. The van der Waals surface area contributed by atoms with Gasteiger partial charge in [-0.3, -0.25) is 0 Å². The fourth-order valence-electron chi connectivity index (χ4n) is 2.21. The molecule has 0 saturated carbocycles. The quantitative estimate of drug-likeness (QED) is 0.444. The van der Waals surface area contributed by atoms with Crippen LogP contribution < -0.4 is 0 Å². The highest BCUT2D eigenvalue weighted by atomic mass is 32.2. The third-order valence-electron chi connectivity index (χ3n) is 3.13. The maximum atomic E-state index is 4.50. The fraction of sp³-hybridized carbons (Fsp3) is 0. The number of hydrogen-bond acceptors (Lipinski definition) is 7. The van der Waals surface area contributed by atoms with Gasteiger partial charge in [0.15, 0.2) is 0 Å². The molecule has 0 amide bonds. The largest absolute Gasteiger partial charge is 0.172 e. The number of thiol groups is 2. The molecule has 4 rings (SSSR count). The van der Waals surface area contributed by atoms with Crippen LogP contribution in [-0.2, 0) is 0 Å². The molecule has 4 aromatic rings. The minimum absolute atomic E-state index is 0.960. The van der Waals surface area contributed by atoms with E-state index in [-0.39, 0.29) is 0 Å². The van der Waals surface area contributed by atoms with Gasteiger partial charge in [0.1, 0.15) is 11.0 Å². The van der Waals surface area contributed by atoms with Crippen LogP contribution in [0, 0.1) is 0 Å². The number of thiophene rings is 2. The maximum Gasteiger partial charge on any atom is 0.114 e. The first kappa shape index (κ1) is 13.8. The lowest BCUT2D eigenvalue weighted by molar-refractivity contribution is 1.63. The van der Waals surface area contributed by atoms with Crippen molar-refractivity contribution in [1.29, 1.82) is 0 Å². The molecule has 0 aliphatic carbocycles. The minimum atomic E-state index is 0.960. The highest BCUT2D eigenvalue weighted by Crippen LogP contribution is 2.40. The van der Waals surface area contributed by atoms with Gasteiger partial charge in [0.05, 0.1) is 20.1 Å². The first-order valence-electron chi connectivity index (χ1n) is 6.06. The van der Waals surface area contributed by atoms with Crippen molar-refractivity contribution in [1.82, 2.24) is 8.75 Å². The van der Waals surface area contributed by atoms with Crippen LogP contribution in [0.15, 0.2) is 44.8 Å². The Balaban J connectivity index is 1.96. The van der Waals surface area contributed by atoms with Crippen molar-refractivity contribution in [2.75, 3.05) is 0 Å². The van der Waals surface area contributed by atoms with Gasteiger partial charge < -0.3 is 0 Å². The summed E-state index contributed by atoms with van der Waals surface area (Å²) in [6.45, 7) is 0. The average molecular weight is 365 g/mol. The number of benzene rings is 1. The maximum absolute atomic E-state index is 4.50. The zero-order chi connectivity index (χ0) is 14.4. The van der Waals surface area contributed by atoms with Crippen LogP contribution in [0.4, 0.5) is 0 Å². The molecular formula is C14H8N2S5. The third-order valence-corrected chi connectivity index (χ3v) is 6.35. The zero-order valence-electron chi connectivity index (χ0n) is 10.5. The highest BCUT2D eigenvalue weighted by molar-refractivity contribution is 7.83. The van der Waals surface area contributed by atoms with Crippen LogP contribution in [0.25, 0.3) is 31.9 Å². The summed E-state index contributed by atoms with van der Waals surface area (Å²) in [6, 6.07) is 12.4. The van der Waals surface area contributed by atoms with Crippen LogP contribution >= 0.6 is 59.7 Å². The Labute approximate surface area is 144 Å². The SMILES string of the molecule is Sc1ccc(-c2ccc(-c3ccc(S)s3)c3nsnc23)s1. The van der Waals surface area contributed by atoms with E-state index in [4.69, 9.17) is 0 Å². The number of rotatable bonds is 2. The van der Waals surface area contributed by atoms with Crippen LogP contribution in [0.2, 0.25) is 0 Å². The van der Waals surface area contributed by atoms with Gasteiger partial charge >= 0.3 is 0 Å². The van der Waals surface area contributed by atoms with E-state index in [2.05, 4.69) is 58.3 Å². The van der Waals surface area contributed by atoms with Crippen molar-refractivity contribution < 1.29 is 0 Å². The minimum Gasteiger partial charge on any atom is -0.172 e. The van der Waals surface area contributed by atoms with Crippen LogP contribution in [0.1, 0.15) is 0 Å². The summed E-state index contributed by atoms with van der Waals surface area (Å²) < 4.78 is 11.0. The van der Waals surface area contributed by atoms with E-state index in [1.165, 1.54) is 21.5 Å². The van der Waals surface area contributed by atoms with E-state index in [0.717, 1.165) is 30.6 Å². The van der Waals surface area contributed by atoms with Gasteiger partial charge in [0, 0.05) is 20.9 Å². The first-order chi connectivity index (χ1) is 10.2. The molecule has 0 aliphatic rings. The van der Waals surface area contributed by atoms with Crippen LogP contribution in [0.5, 0.6) is 0 Å². The monoisotopic (exact) mass is 364 g/mol. The Bertz CT molecular complexity index is 860. The molecule has 21 heavy (non-hydrogen) atoms. The molecular weight excluding hydrogens is 357 g/mol. The molecule has 2 nitrogen and oxygen atoms in total. The molecule has 3 heterocycles. The topological polar surface area (TPSA) is 25.8 Å². The molecule has 0 atom stereocenters. The summed E-state index contributed by atoms with van der Waals surface area (Å²) in [6.07, 6.45) is 0. The van der Waals surface area contributed by atoms with Gasteiger partial charge in [-0.15, -0.1) is 47.9 Å². The van der Waals surface area contributed by atoms with Crippen molar-refractivity contribution in [3.8, 4) is 20.9 Å². The van der Waals surface area contributed by atoms with E-state index >= 15 is 0 Å². The average Bonchev–Trinajstić information content (AvgIpc) is 3.18. The predicted octanol–water partition coefficient (Wildman–Crippen LogP) is 5.73. The standard InChI is InChI=1S/C14H8N2S5/c17-11-5-3-9(19-11)7-1-2-8(10-4-6-12(18)20-10)14-13(7)15-21-16-14/h1-6,17-18H. The van der Waals surface area contributed by atoms with Gasteiger partial charge in [-0.25, -0.2) is 0 Å². The molecule has 0 bridgehead atoms. The Morgan fingerprint density at radius 2 is 1.14 bits per heavy atom. The predicted molar refractivity (Wildman–Crippen MR) is 98.5 cm³/mol. The second-order valence-corrected chi connectivity index (χ2v) is 8.66. The molecule has 0 unspecified atom stereocenters. The van der Waals surface area contributed by atoms with Crippen molar-refractivity contribution in [2.45, 2.75) is 8.42 Å².